The number of ether oxygens (including phenoxy) is 1. The molecular formula is C23H33N2O+. The van der Waals surface area contributed by atoms with E-state index in [0.29, 0.717) is 0 Å². The molecule has 0 saturated carbocycles. The standard InChI is InChI=1S/C23H32N2O/c1-4-5-16-26-22-10-8-21(9-11-22)18-24-12-14-25(15-13-24)23-17-19(2)6-7-20(23)3/h6-11,17H,4-5,12-16,18H2,1-3H3/p+1. The van der Waals surface area contributed by atoms with Crippen LogP contribution in [0.2, 0.25) is 0 Å². The van der Waals surface area contributed by atoms with Gasteiger partial charge in [-0.15, -0.1) is 0 Å². The lowest BCUT2D eigenvalue weighted by Crippen LogP contribution is -3.13. The molecule has 0 aromatic heterocycles. The zero-order valence-corrected chi connectivity index (χ0v) is 16.6. The molecule has 1 aliphatic heterocycles. The molecule has 2 aromatic carbocycles. The van der Waals surface area contributed by atoms with Crippen LogP contribution in [0.4, 0.5) is 5.69 Å². The van der Waals surface area contributed by atoms with Gasteiger partial charge in [0.15, 0.2) is 0 Å². The molecule has 3 nitrogen and oxygen atoms in total. The number of nitrogens with zero attached hydrogens (tertiary/aromatic N) is 1. The highest BCUT2D eigenvalue weighted by atomic mass is 16.5. The third-order valence-electron chi connectivity index (χ3n) is 5.32. The van der Waals surface area contributed by atoms with Gasteiger partial charge in [0.1, 0.15) is 12.3 Å². The van der Waals surface area contributed by atoms with E-state index in [0.717, 1.165) is 38.4 Å². The van der Waals surface area contributed by atoms with E-state index in [1.54, 1.807) is 4.90 Å². The van der Waals surface area contributed by atoms with Gasteiger partial charge in [-0.25, -0.2) is 0 Å². The van der Waals surface area contributed by atoms with Crippen LogP contribution in [0, 0.1) is 13.8 Å². The Balaban J connectivity index is 1.50. The molecule has 0 unspecified atom stereocenters. The van der Waals surface area contributed by atoms with Gasteiger partial charge in [0.2, 0.25) is 0 Å². The van der Waals surface area contributed by atoms with Gasteiger partial charge in [-0.2, -0.15) is 0 Å². The van der Waals surface area contributed by atoms with Crippen LogP contribution in [0.25, 0.3) is 0 Å². The summed E-state index contributed by atoms with van der Waals surface area (Å²) in [6.45, 7) is 13.2. The molecule has 0 spiro atoms. The fraction of sp³-hybridized carbons (Fsp3) is 0.478. The molecule has 1 fully saturated rings. The van der Waals surface area contributed by atoms with E-state index in [-0.39, 0.29) is 0 Å². The quantitative estimate of drug-likeness (QED) is 0.769. The molecule has 2 aromatic rings. The summed E-state index contributed by atoms with van der Waals surface area (Å²) < 4.78 is 5.76. The maximum absolute atomic E-state index is 5.76. The van der Waals surface area contributed by atoms with Gasteiger partial charge in [-0.3, -0.25) is 0 Å². The molecule has 3 heteroatoms. The molecule has 1 aliphatic rings. The second-order valence-electron chi connectivity index (χ2n) is 7.55. The Morgan fingerprint density at radius 3 is 2.42 bits per heavy atom. The first kappa shape index (κ1) is 18.8. The van der Waals surface area contributed by atoms with E-state index in [2.05, 4.69) is 68.1 Å². The van der Waals surface area contributed by atoms with Crippen molar-refractivity contribution in [2.45, 2.75) is 40.2 Å². The maximum atomic E-state index is 5.76. The number of unbranched alkanes of at least 4 members (excludes halogenated alkanes) is 1. The van der Waals surface area contributed by atoms with Gasteiger partial charge < -0.3 is 14.5 Å². The van der Waals surface area contributed by atoms with E-state index >= 15 is 0 Å². The highest BCUT2D eigenvalue weighted by Crippen LogP contribution is 2.21. The van der Waals surface area contributed by atoms with E-state index in [1.807, 2.05) is 0 Å². The highest BCUT2D eigenvalue weighted by Gasteiger charge is 2.21. The second-order valence-corrected chi connectivity index (χ2v) is 7.55. The fourth-order valence-corrected chi connectivity index (χ4v) is 3.63. The zero-order valence-electron chi connectivity index (χ0n) is 16.6. The van der Waals surface area contributed by atoms with Crippen molar-refractivity contribution in [3.8, 4) is 5.75 Å². The third kappa shape index (κ3) is 5.01. The Hall–Kier alpha value is -2.00. The van der Waals surface area contributed by atoms with Crippen LogP contribution in [0.15, 0.2) is 42.5 Å². The topological polar surface area (TPSA) is 16.9 Å². The molecule has 1 N–H and O–H groups in total. The molecule has 0 atom stereocenters. The van der Waals surface area contributed by atoms with Crippen molar-refractivity contribution in [1.29, 1.82) is 0 Å². The maximum Gasteiger partial charge on any atom is 0.119 e. The number of hydrogen-bond acceptors (Lipinski definition) is 2. The molecule has 26 heavy (non-hydrogen) atoms. The first-order chi connectivity index (χ1) is 12.7. The molecule has 0 aliphatic carbocycles. The number of hydrogen-bond donors (Lipinski definition) is 1. The number of rotatable bonds is 7. The van der Waals surface area contributed by atoms with Crippen molar-refractivity contribution in [2.24, 2.45) is 0 Å². The summed E-state index contributed by atoms with van der Waals surface area (Å²) in [5.41, 5.74) is 5.56. The lowest BCUT2D eigenvalue weighted by atomic mass is 10.1. The first-order valence-corrected chi connectivity index (χ1v) is 10.0. The number of benzene rings is 2. The van der Waals surface area contributed by atoms with Crippen LogP contribution < -0.4 is 14.5 Å². The molecule has 140 valence electrons. The Kier molecular flexibility index (Phi) is 6.56. The number of aryl methyl sites for hydroxylation is 2. The molecule has 0 bridgehead atoms. The summed E-state index contributed by atoms with van der Waals surface area (Å²) in [5.74, 6) is 0.997. The SMILES string of the molecule is CCCCOc1ccc(C[NH+]2CCN(c3cc(C)ccc3C)CC2)cc1. The minimum atomic E-state index is 0.821. The van der Waals surface area contributed by atoms with Gasteiger partial charge in [0.05, 0.1) is 32.8 Å². The van der Waals surface area contributed by atoms with Crippen molar-refractivity contribution in [3.05, 3.63) is 59.2 Å². The van der Waals surface area contributed by atoms with Crippen molar-refractivity contribution in [1.82, 2.24) is 0 Å². The molecule has 0 amide bonds. The van der Waals surface area contributed by atoms with Crippen molar-refractivity contribution in [2.75, 3.05) is 37.7 Å². The Labute approximate surface area is 158 Å². The van der Waals surface area contributed by atoms with Crippen LogP contribution in [0.1, 0.15) is 36.5 Å². The zero-order chi connectivity index (χ0) is 18.4. The van der Waals surface area contributed by atoms with Crippen LogP contribution in [0.3, 0.4) is 0 Å². The van der Waals surface area contributed by atoms with Crippen molar-refractivity contribution < 1.29 is 9.64 Å². The van der Waals surface area contributed by atoms with Gasteiger partial charge in [0.25, 0.3) is 0 Å². The first-order valence-electron chi connectivity index (χ1n) is 10.0. The summed E-state index contributed by atoms with van der Waals surface area (Å²) in [6.07, 6.45) is 2.30. The average Bonchev–Trinajstić information content (AvgIpc) is 2.66. The van der Waals surface area contributed by atoms with Gasteiger partial charge in [-0.05, 0) is 61.7 Å². The molecule has 1 heterocycles. The van der Waals surface area contributed by atoms with Crippen LogP contribution in [-0.4, -0.2) is 32.8 Å². The smallest absolute Gasteiger partial charge is 0.119 e. The molecule has 3 rings (SSSR count). The van der Waals surface area contributed by atoms with Crippen molar-refractivity contribution in [3.63, 3.8) is 0 Å². The third-order valence-corrected chi connectivity index (χ3v) is 5.32. The molecular weight excluding hydrogens is 320 g/mol. The fourth-order valence-electron chi connectivity index (χ4n) is 3.63. The number of nitrogens with one attached hydrogen (secondary N) is 1. The Morgan fingerprint density at radius 2 is 1.73 bits per heavy atom. The lowest BCUT2D eigenvalue weighted by molar-refractivity contribution is -0.914. The van der Waals surface area contributed by atoms with E-state index in [4.69, 9.17) is 4.74 Å². The molecule has 1 saturated heterocycles. The summed E-state index contributed by atoms with van der Waals surface area (Å²) >= 11 is 0. The highest BCUT2D eigenvalue weighted by molar-refractivity contribution is 5.55. The summed E-state index contributed by atoms with van der Waals surface area (Å²) in [4.78, 5) is 4.22. The number of anilines is 1. The normalized spacial score (nSPS) is 15.3. The molecule has 0 radical (unpaired) electrons. The number of quaternary nitrogens is 1. The van der Waals surface area contributed by atoms with E-state index < -0.39 is 0 Å². The van der Waals surface area contributed by atoms with Gasteiger partial charge >= 0.3 is 0 Å². The Morgan fingerprint density at radius 1 is 1.00 bits per heavy atom. The second kappa shape index (κ2) is 9.09. The van der Waals surface area contributed by atoms with E-state index in [9.17, 15) is 0 Å². The van der Waals surface area contributed by atoms with Gasteiger partial charge in [-0.1, -0.05) is 25.5 Å². The largest absolute Gasteiger partial charge is 0.494 e. The predicted octanol–water partition coefficient (Wildman–Crippen LogP) is 3.39. The number of piperazine rings is 1. The van der Waals surface area contributed by atoms with Crippen LogP contribution in [0.5, 0.6) is 5.75 Å². The minimum Gasteiger partial charge on any atom is -0.494 e. The average molecular weight is 354 g/mol. The monoisotopic (exact) mass is 353 g/mol. The van der Waals surface area contributed by atoms with E-state index in [1.165, 1.54) is 41.9 Å². The summed E-state index contributed by atoms with van der Waals surface area (Å²) in [7, 11) is 0. The van der Waals surface area contributed by atoms with Crippen LogP contribution in [-0.2, 0) is 6.54 Å². The van der Waals surface area contributed by atoms with Crippen molar-refractivity contribution >= 4 is 5.69 Å². The van der Waals surface area contributed by atoms with Gasteiger partial charge in [0, 0.05) is 11.3 Å². The summed E-state index contributed by atoms with van der Waals surface area (Å²) in [6, 6.07) is 15.5. The lowest BCUT2D eigenvalue weighted by Gasteiger charge is -2.34. The van der Waals surface area contributed by atoms with Crippen LogP contribution >= 0.6 is 0 Å². The summed E-state index contributed by atoms with van der Waals surface area (Å²) in [5, 5.41) is 0. The minimum absolute atomic E-state index is 0.821. The predicted molar refractivity (Wildman–Crippen MR) is 109 cm³/mol. The Bertz CT molecular complexity index is 688.